The number of halogens is 1. The molecule has 4 rings (SSSR count). The summed E-state index contributed by atoms with van der Waals surface area (Å²) in [6, 6.07) is 15.0. The lowest BCUT2D eigenvalue weighted by Crippen LogP contribution is -2.42. The molecule has 1 atom stereocenters. The van der Waals surface area contributed by atoms with Crippen molar-refractivity contribution in [1.82, 2.24) is 15.1 Å². The fourth-order valence-corrected chi connectivity index (χ4v) is 4.25. The van der Waals surface area contributed by atoms with Gasteiger partial charge in [-0.3, -0.25) is 9.59 Å². The molecule has 1 saturated heterocycles. The zero-order chi connectivity index (χ0) is 23.9. The van der Waals surface area contributed by atoms with E-state index in [2.05, 4.69) is 15.5 Å². The fourth-order valence-electron chi connectivity index (χ4n) is 3.58. The number of hydrogen-bond donors (Lipinski definition) is 1. The number of hydrogen-bond acceptors (Lipinski definition) is 7. The molecule has 1 fully saturated rings. The van der Waals surface area contributed by atoms with E-state index >= 15 is 0 Å². The molecule has 2 aromatic carbocycles. The van der Waals surface area contributed by atoms with Crippen molar-refractivity contribution in [1.29, 1.82) is 0 Å². The van der Waals surface area contributed by atoms with Crippen LogP contribution in [0.2, 0.25) is 0 Å². The zero-order valence-electron chi connectivity index (χ0n) is 18.6. The van der Waals surface area contributed by atoms with Crippen LogP contribution in [0.3, 0.4) is 0 Å². The predicted octanol–water partition coefficient (Wildman–Crippen LogP) is 4.32. The summed E-state index contributed by atoms with van der Waals surface area (Å²) in [5, 5.41) is 11.1. The number of amides is 2. The number of piperidine rings is 1. The topological polar surface area (TPSA) is 97.6 Å². The number of carbonyl (C=O) groups is 2. The van der Waals surface area contributed by atoms with E-state index in [1.165, 1.54) is 24.3 Å². The van der Waals surface area contributed by atoms with E-state index in [9.17, 15) is 14.0 Å². The van der Waals surface area contributed by atoms with E-state index < -0.39 is 6.10 Å². The number of para-hydroxylation sites is 1. The van der Waals surface area contributed by atoms with Gasteiger partial charge in [0, 0.05) is 24.7 Å². The van der Waals surface area contributed by atoms with Gasteiger partial charge in [0.25, 0.3) is 11.1 Å². The number of ether oxygens (including phenoxy) is 1. The van der Waals surface area contributed by atoms with Crippen LogP contribution in [0.4, 0.5) is 10.1 Å². The van der Waals surface area contributed by atoms with Crippen molar-refractivity contribution in [2.24, 2.45) is 5.92 Å². The summed E-state index contributed by atoms with van der Waals surface area (Å²) in [5.74, 6) is 0.404. The van der Waals surface area contributed by atoms with Gasteiger partial charge in [0.1, 0.15) is 11.6 Å². The number of likely N-dealkylation sites (tertiary alicyclic amines) is 1. The molecule has 2 heterocycles. The summed E-state index contributed by atoms with van der Waals surface area (Å²) in [5.41, 5.74) is 0.777. The molecule has 1 aliphatic heterocycles. The monoisotopic (exact) mass is 484 g/mol. The molecule has 3 aromatic rings. The highest BCUT2D eigenvalue weighted by Gasteiger charge is 2.27. The molecule has 0 spiro atoms. The number of nitrogens with one attached hydrogen (secondary N) is 1. The largest absolute Gasteiger partial charge is 0.481 e. The summed E-state index contributed by atoms with van der Waals surface area (Å²) < 4.78 is 24.3. The number of rotatable bonds is 8. The predicted molar refractivity (Wildman–Crippen MR) is 125 cm³/mol. The van der Waals surface area contributed by atoms with Gasteiger partial charge in [-0.05, 0) is 56.2 Å². The van der Waals surface area contributed by atoms with Gasteiger partial charge >= 0.3 is 0 Å². The van der Waals surface area contributed by atoms with Gasteiger partial charge in [0.15, 0.2) is 6.10 Å². The first-order chi connectivity index (χ1) is 16.5. The highest BCUT2D eigenvalue weighted by atomic mass is 32.2. The standard InChI is InChI=1S/C24H25FN4O4S/c1-16(32-20-9-7-18(25)8-10-20)23-27-28-24(33-23)34-15-21(30)29-13-11-17(12-14-29)22(31)26-19-5-3-2-4-6-19/h2-10,16-17H,11-15H2,1H3,(H,26,31). The van der Waals surface area contributed by atoms with Crippen molar-refractivity contribution in [2.45, 2.75) is 31.1 Å². The van der Waals surface area contributed by atoms with Gasteiger partial charge in [0.2, 0.25) is 11.8 Å². The highest BCUT2D eigenvalue weighted by Crippen LogP contribution is 2.25. The Kier molecular flexibility index (Phi) is 7.79. The van der Waals surface area contributed by atoms with Crippen molar-refractivity contribution in [3.63, 3.8) is 0 Å². The molecule has 1 aliphatic rings. The molecule has 1 unspecified atom stereocenters. The third kappa shape index (κ3) is 6.34. The van der Waals surface area contributed by atoms with Crippen LogP contribution in [0, 0.1) is 11.7 Å². The Morgan fingerprint density at radius 1 is 1.15 bits per heavy atom. The third-order valence-electron chi connectivity index (χ3n) is 5.48. The van der Waals surface area contributed by atoms with Gasteiger partial charge in [-0.2, -0.15) is 0 Å². The number of aromatic nitrogens is 2. The van der Waals surface area contributed by atoms with Crippen molar-refractivity contribution in [3.05, 3.63) is 66.3 Å². The van der Waals surface area contributed by atoms with Crippen LogP contribution in [-0.4, -0.2) is 45.8 Å². The molecular weight excluding hydrogens is 459 g/mol. The molecular formula is C24H25FN4O4S. The molecule has 0 bridgehead atoms. The third-order valence-corrected chi connectivity index (χ3v) is 6.28. The lowest BCUT2D eigenvalue weighted by molar-refractivity contribution is -0.132. The van der Waals surface area contributed by atoms with E-state index in [1.807, 2.05) is 30.3 Å². The van der Waals surface area contributed by atoms with E-state index in [0.717, 1.165) is 17.4 Å². The molecule has 34 heavy (non-hydrogen) atoms. The van der Waals surface area contributed by atoms with E-state index in [0.29, 0.717) is 31.7 Å². The number of thioether (sulfide) groups is 1. The maximum Gasteiger partial charge on any atom is 0.277 e. The smallest absolute Gasteiger partial charge is 0.277 e. The Labute approximate surface area is 200 Å². The molecule has 0 saturated carbocycles. The van der Waals surface area contributed by atoms with E-state index in [-0.39, 0.29) is 40.4 Å². The fraction of sp³-hybridized carbons (Fsp3) is 0.333. The van der Waals surface area contributed by atoms with Crippen molar-refractivity contribution < 1.29 is 23.1 Å². The van der Waals surface area contributed by atoms with E-state index in [1.54, 1.807) is 11.8 Å². The molecule has 178 valence electrons. The number of benzene rings is 2. The van der Waals surface area contributed by atoms with Crippen LogP contribution in [0.15, 0.2) is 64.2 Å². The number of anilines is 1. The Balaban J connectivity index is 1.20. The molecule has 1 aromatic heterocycles. The average Bonchev–Trinajstić information content (AvgIpc) is 3.34. The van der Waals surface area contributed by atoms with Crippen LogP contribution >= 0.6 is 11.8 Å². The number of carbonyl (C=O) groups excluding carboxylic acids is 2. The summed E-state index contributed by atoms with van der Waals surface area (Å²) in [7, 11) is 0. The lowest BCUT2D eigenvalue weighted by Gasteiger charge is -2.31. The van der Waals surface area contributed by atoms with Crippen molar-refractivity contribution in [3.8, 4) is 5.75 Å². The quantitative estimate of drug-likeness (QED) is 0.476. The number of nitrogens with zero attached hydrogens (tertiary/aromatic N) is 3. The summed E-state index contributed by atoms with van der Waals surface area (Å²) in [6.45, 7) is 2.81. The first kappa shape index (κ1) is 23.7. The van der Waals surface area contributed by atoms with Gasteiger partial charge < -0.3 is 19.4 Å². The molecule has 0 aliphatic carbocycles. The maximum absolute atomic E-state index is 13.0. The second kappa shape index (κ2) is 11.1. The Hall–Kier alpha value is -3.40. The average molecular weight is 485 g/mol. The SMILES string of the molecule is CC(Oc1ccc(F)cc1)c1nnc(SCC(=O)N2CCC(C(=O)Nc3ccccc3)CC2)o1. The van der Waals surface area contributed by atoms with Gasteiger partial charge in [-0.25, -0.2) is 4.39 Å². The first-order valence-electron chi connectivity index (χ1n) is 11.0. The normalized spacial score (nSPS) is 15.1. The summed E-state index contributed by atoms with van der Waals surface area (Å²) in [6.07, 6.45) is 0.722. The van der Waals surface area contributed by atoms with Crippen molar-refractivity contribution >= 4 is 29.3 Å². The summed E-state index contributed by atoms with van der Waals surface area (Å²) in [4.78, 5) is 26.8. The molecule has 10 heteroatoms. The Morgan fingerprint density at radius 2 is 1.85 bits per heavy atom. The van der Waals surface area contributed by atoms with Crippen molar-refractivity contribution in [2.75, 3.05) is 24.2 Å². The maximum atomic E-state index is 13.0. The highest BCUT2D eigenvalue weighted by molar-refractivity contribution is 7.99. The molecule has 0 radical (unpaired) electrons. The van der Waals surface area contributed by atoms with E-state index in [4.69, 9.17) is 9.15 Å². The Bertz CT molecular complexity index is 1100. The second-order valence-electron chi connectivity index (χ2n) is 7.92. The van der Waals surface area contributed by atoms with Gasteiger partial charge in [-0.1, -0.05) is 30.0 Å². The molecule has 8 nitrogen and oxygen atoms in total. The Morgan fingerprint density at radius 3 is 2.56 bits per heavy atom. The minimum Gasteiger partial charge on any atom is -0.481 e. The molecule has 2 amide bonds. The zero-order valence-corrected chi connectivity index (χ0v) is 19.5. The van der Waals surface area contributed by atoms with Crippen LogP contribution in [0.1, 0.15) is 31.8 Å². The lowest BCUT2D eigenvalue weighted by atomic mass is 9.96. The second-order valence-corrected chi connectivity index (χ2v) is 8.85. The van der Waals surface area contributed by atoms with Crippen LogP contribution in [0.25, 0.3) is 0 Å². The first-order valence-corrected chi connectivity index (χ1v) is 12.0. The van der Waals surface area contributed by atoms with Crippen LogP contribution in [-0.2, 0) is 9.59 Å². The molecule has 1 N–H and O–H groups in total. The van der Waals surface area contributed by atoms with Gasteiger partial charge in [-0.15, -0.1) is 10.2 Å². The minimum atomic E-state index is -0.524. The minimum absolute atomic E-state index is 0.0111. The van der Waals surface area contributed by atoms with Crippen LogP contribution in [0.5, 0.6) is 5.75 Å². The van der Waals surface area contributed by atoms with Crippen LogP contribution < -0.4 is 10.1 Å². The van der Waals surface area contributed by atoms with Gasteiger partial charge in [0.05, 0.1) is 5.75 Å². The summed E-state index contributed by atoms with van der Waals surface area (Å²) >= 11 is 1.16.